The second kappa shape index (κ2) is 11.6. The summed E-state index contributed by atoms with van der Waals surface area (Å²) in [7, 11) is 5.42. The molecule has 1 heterocycles. The molecule has 1 aromatic carbocycles. The molecule has 3 nitrogen and oxygen atoms in total. The maximum absolute atomic E-state index is 9.23. The van der Waals surface area contributed by atoms with Crippen molar-refractivity contribution in [2.45, 2.75) is 45.3 Å². The molecule has 1 aliphatic heterocycles. The number of hydrogen-bond donors (Lipinski definition) is 2. The van der Waals surface area contributed by atoms with Crippen molar-refractivity contribution < 1.29 is 41.0 Å². The van der Waals surface area contributed by atoms with Gasteiger partial charge in [-0.3, -0.25) is 0 Å². The predicted molar refractivity (Wildman–Crippen MR) is 90.6 cm³/mol. The Bertz CT molecular complexity index is 360. The van der Waals surface area contributed by atoms with Gasteiger partial charge in [0, 0.05) is 12.1 Å². The summed E-state index contributed by atoms with van der Waals surface area (Å²) >= 11 is 0. The normalized spacial score (nSPS) is 13.9. The molecular formula is C17H28BNO2U. The van der Waals surface area contributed by atoms with Crippen LogP contribution in [0, 0.1) is 44.5 Å². The third kappa shape index (κ3) is 12.6. The van der Waals surface area contributed by atoms with Crippen LogP contribution in [0.3, 0.4) is 0 Å². The molecule has 5 heteroatoms. The molecule has 22 heavy (non-hydrogen) atoms. The topological polar surface area (TPSA) is 55.5 Å². The summed E-state index contributed by atoms with van der Waals surface area (Å²) < 4.78 is 4.89. The Kier molecular flexibility index (Phi) is 12.8. The van der Waals surface area contributed by atoms with Crippen LogP contribution in [0.2, 0.25) is 0 Å². The maximum atomic E-state index is 9.23. The van der Waals surface area contributed by atoms with Gasteiger partial charge in [-0.2, -0.15) is 31.0 Å². The van der Waals surface area contributed by atoms with E-state index in [0.29, 0.717) is 0 Å². The molecule has 0 bridgehead atoms. The minimum Gasteiger partial charge on any atom is -0.416 e. The minimum atomic E-state index is -0.785. The van der Waals surface area contributed by atoms with Crippen molar-refractivity contribution in [1.82, 2.24) is 0 Å². The molecule has 0 unspecified atom stereocenters. The second-order valence-electron chi connectivity index (χ2n) is 6.18. The van der Waals surface area contributed by atoms with Crippen molar-refractivity contribution in [2.24, 2.45) is 5.73 Å². The number of ether oxygens (including phenoxy) is 1. The molecular weight excluding hydrogens is 499 g/mol. The molecule has 0 aliphatic carbocycles. The fraction of sp³-hybridized carbons (Fsp3) is 0.529. The summed E-state index contributed by atoms with van der Waals surface area (Å²) in [5.41, 5.74) is 6.01. The van der Waals surface area contributed by atoms with Gasteiger partial charge < -0.3 is 22.0 Å². The first-order valence-corrected chi connectivity index (χ1v) is 7.12. The third-order valence-corrected chi connectivity index (χ3v) is 3.23. The van der Waals surface area contributed by atoms with E-state index in [0.717, 1.165) is 30.7 Å². The van der Waals surface area contributed by atoms with E-state index in [1.165, 1.54) is 0 Å². The van der Waals surface area contributed by atoms with Gasteiger partial charge in [-0.1, -0.05) is 12.7 Å². The SMILES string of the molecule is CC(C)(N)C(C)(C)O.[B]c1cccc([CH2-])c1.[CH-]1CCOC1.[U+2]. The van der Waals surface area contributed by atoms with Crippen LogP contribution in [0.1, 0.15) is 39.7 Å². The molecule has 1 fully saturated rings. The molecule has 1 saturated heterocycles. The van der Waals surface area contributed by atoms with Crippen molar-refractivity contribution in [3.05, 3.63) is 43.2 Å². The molecule has 1 aromatic rings. The van der Waals surface area contributed by atoms with Crippen LogP contribution in [0.5, 0.6) is 0 Å². The third-order valence-electron chi connectivity index (χ3n) is 3.23. The quantitative estimate of drug-likeness (QED) is 0.433. The number of hydrogen-bond acceptors (Lipinski definition) is 3. The number of benzene rings is 1. The van der Waals surface area contributed by atoms with Crippen molar-refractivity contribution in [2.75, 3.05) is 13.2 Å². The Hall–Kier alpha value is 0.0869. The largest absolute Gasteiger partial charge is 2.00 e. The van der Waals surface area contributed by atoms with Gasteiger partial charge in [0.2, 0.25) is 0 Å². The summed E-state index contributed by atoms with van der Waals surface area (Å²) in [6.45, 7) is 12.5. The van der Waals surface area contributed by atoms with E-state index in [1.54, 1.807) is 27.7 Å². The van der Waals surface area contributed by atoms with E-state index < -0.39 is 11.1 Å². The van der Waals surface area contributed by atoms with Gasteiger partial charge >= 0.3 is 31.1 Å². The zero-order chi connectivity index (χ0) is 16.5. The van der Waals surface area contributed by atoms with Crippen LogP contribution in [-0.2, 0) is 4.74 Å². The molecule has 120 valence electrons. The first-order valence-electron chi connectivity index (χ1n) is 7.12. The average Bonchev–Trinajstić information content (AvgIpc) is 2.84. The molecule has 1 aliphatic rings. The molecule has 2 rings (SSSR count). The van der Waals surface area contributed by atoms with E-state index in [4.69, 9.17) is 18.3 Å². The average molecular weight is 527 g/mol. The molecule has 0 atom stereocenters. The van der Waals surface area contributed by atoms with Crippen LogP contribution in [-0.4, -0.2) is 37.3 Å². The number of nitrogens with two attached hydrogens (primary N) is 1. The Morgan fingerprint density at radius 1 is 1.32 bits per heavy atom. The Morgan fingerprint density at radius 2 is 1.86 bits per heavy atom. The van der Waals surface area contributed by atoms with Gasteiger partial charge in [0.25, 0.3) is 0 Å². The van der Waals surface area contributed by atoms with Crippen LogP contribution < -0.4 is 11.2 Å². The molecule has 0 amide bonds. The Morgan fingerprint density at radius 3 is 2.05 bits per heavy atom. The van der Waals surface area contributed by atoms with E-state index in [-0.39, 0.29) is 31.1 Å². The van der Waals surface area contributed by atoms with Crippen molar-refractivity contribution in [3.63, 3.8) is 0 Å². The second-order valence-corrected chi connectivity index (χ2v) is 6.18. The standard InChI is InChI=1S/C7H6B.C6H15NO.C4H7O.U/c1-6-3-2-4-7(8)5-6;1-5(2,7)6(3,4)8;1-2-4-5-3-1;/h2-5H,1H2;8H,7H2,1-4H3;1H,2-4H2;/q-1;;-1;+2. The van der Waals surface area contributed by atoms with Crippen LogP contribution in [0.25, 0.3) is 0 Å². The molecule has 0 spiro atoms. The summed E-state index contributed by atoms with van der Waals surface area (Å²) in [5.74, 6) is 0. The maximum Gasteiger partial charge on any atom is 2.00 e. The summed E-state index contributed by atoms with van der Waals surface area (Å²) in [6.07, 6.45) is 3.29. The van der Waals surface area contributed by atoms with Crippen LogP contribution in [0.15, 0.2) is 24.3 Å². The zero-order valence-electron chi connectivity index (χ0n) is 14.2. The van der Waals surface area contributed by atoms with Crippen molar-refractivity contribution >= 4 is 13.3 Å². The molecule has 0 aromatic heterocycles. The van der Waals surface area contributed by atoms with E-state index >= 15 is 0 Å². The Labute approximate surface area is 161 Å². The van der Waals surface area contributed by atoms with Crippen LogP contribution >= 0.6 is 0 Å². The fourth-order valence-electron chi connectivity index (χ4n) is 1.01. The van der Waals surface area contributed by atoms with Gasteiger partial charge in [0.05, 0.1) is 13.4 Å². The van der Waals surface area contributed by atoms with E-state index in [2.05, 4.69) is 13.3 Å². The summed E-state index contributed by atoms with van der Waals surface area (Å²) in [6, 6.07) is 7.47. The van der Waals surface area contributed by atoms with Crippen LogP contribution in [0.4, 0.5) is 0 Å². The van der Waals surface area contributed by atoms with Gasteiger partial charge in [0.1, 0.15) is 0 Å². The fourth-order valence-corrected chi connectivity index (χ4v) is 1.01. The predicted octanol–water partition coefficient (Wildman–Crippen LogP) is 1.77. The number of aliphatic hydroxyl groups is 1. The van der Waals surface area contributed by atoms with E-state index in [1.807, 2.05) is 24.3 Å². The van der Waals surface area contributed by atoms with Gasteiger partial charge in [-0.25, -0.2) is 0 Å². The minimum absolute atomic E-state index is 0. The van der Waals surface area contributed by atoms with Gasteiger partial charge in [0.15, 0.2) is 0 Å². The zero-order valence-corrected chi connectivity index (χ0v) is 18.4. The summed E-state index contributed by atoms with van der Waals surface area (Å²) in [4.78, 5) is 0. The van der Waals surface area contributed by atoms with Gasteiger partial charge in [-0.05, 0) is 27.7 Å². The van der Waals surface area contributed by atoms with Crippen molar-refractivity contribution in [3.8, 4) is 0 Å². The first-order chi connectivity index (χ1) is 9.54. The monoisotopic (exact) mass is 527 g/mol. The van der Waals surface area contributed by atoms with Crippen molar-refractivity contribution in [1.29, 1.82) is 0 Å². The van der Waals surface area contributed by atoms with E-state index in [9.17, 15) is 5.11 Å². The van der Waals surface area contributed by atoms with Gasteiger partial charge in [-0.15, -0.1) is 11.5 Å². The first kappa shape index (κ1) is 24.3. The molecule has 3 N–H and O–H groups in total. The number of rotatable bonds is 1. The molecule has 2 radical (unpaired) electrons. The Balaban J connectivity index is 0. The summed E-state index contributed by atoms with van der Waals surface area (Å²) in [5, 5.41) is 9.23. The smallest absolute Gasteiger partial charge is 0.416 e. The molecule has 0 saturated carbocycles.